The van der Waals surface area contributed by atoms with Gasteiger partial charge in [0.1, 0.15) is 11.1 Å². The molecule has 5 rings (SSSR count). The van der Waals surface area contributed by atoms with E-state index in [9.17, 15) is 9.59 Å². The highest BCUT2D eigenvalue weighted by molar-refractivity contribution is 6.07. The van der Waals surface area contributed by atoms with E-state index in [2.05, 4.69) is 6.07 Å². The van der Waals surface area contributed by atoms with Gasteiger partial charge in [0.15, 0.2) is 0 Å². The minimum atomic E-state index is -0.582. The predicted octanol–water partition coefficient (Wildman–Crippen LogP) is 4.14. The first kappa shape index (κ1) is 15.8. The molecule has 3 aromatic carbocycles. The van der Waals surface area contributed by atoms with E-state index in [1.807, 2.05) is 48.5 Å². The monoisotopic (exact) mass is 355 g/mol. The largest absolute Gasteiger partial charge is 0.422 e. The average molecular weight is 355 g/mol. The fourth-order valence-electron chi connectivity index (χ4n) is 3.86. The molecule has 0 atom stereocenters. The summed E-state index contributed by atoms with van der Waals surface area (Å²) in [6.07, 6.45) is 0.795. The third-order valence-corrected chi connectivity index (χ3v) is 5.29. The van der Waals surface area contributed by atoms with Gasteiger partial charge < -0.3 is 9.32 Å². The smallest absolute Gasteiger partial charge is 0.349 e. The zero-order valence-corrected chi connectivity index (χ0v) is 14.6. The molecule has 0 saturated carbocycles. The number of amides is 1. The quantitative estimate of drug-likeness (QED) is 0.381. The molecule has 1 amide bonds. The summed E-state index contributed by atoms with van der Waals surface area (Å²) in [6.45, 7) is 1.12. The molecule has 4 aromatic rings. The molecule has 0 saturated heterocycles. The molecular weight excluding hydrogens is 338 g/mol. The van der Waals surface area contributed by atoms with Crippen LogP contribution >= 0.6 is 0 Å². The Balaban J connectivity index is 1.60. The normalized spacial score (nSPS) is 13.7. The summed E-state index contributed by atoms with van der Waals surface area (Å²) in [6, 6.07) is 21.4. The molecule has 1 aliphatic heterocycles. The molecule has 0 spiro atoms. The first-order valence-electron chi connectivity index (χ1n) is 9.02. The molecule has 1 aliphatic rings. The van der Waals surface area contributed by atoms with Gasteiger partial charge in [0, 0.05) is 18.5 Å². The van der Waals surface area contributed by atoms with Crippen LogP contribution in [0.4, 0.5) is 0 Å². The number of hydrogen-bond donors (Lipinski definition) is 0. The molecule has 27 heavy (non-hydrogen) atoms. The number of hydrogen-bond acceptors (Lipinski definition) is 3. The van der Waals surface area contributed by atoms with Crippen molar-refractivity contribution in [3.63, 3.8) is 0 Å². The Hall–Kier alpha value is -3.40. The van der Waals surface area contributed by atoms with Crippen molar-refractivity contribution in [2.45, 2.75) is 13.0 Å². The van der Waals surface area contributed by atoms with E-state index in [0.717, 1.165) is 28.1 Å². The van der Waals surface area contributed by atoms with Crippen LogP contribution in [-0.2, 0) is 13.0 Å². The molecule has 0 bridgehead atoms. The Bertz CT molecular complexity index is 1260. The third kappa shape index (κ3) is 2.61. The van der Waals surface area contributed by atoms with Crippen molar-refractivity contribution in [3.8, 4) is 0 Å². The van der Waals surface area contributed by atoms with Crippen LogP contribution in [0.3, 0.4) is 0 Å². The minimum Gasteiger partial charge on any atom is -0.422 e. The van der Waals surface area contributed by atoms with Crippen LogP contribution in [0.2, 0.25) is 0 Å². The number of nitrogens with zero attached hydrogens (tertiary/aromatic N) is 1. The summed E-state index contributed by atoms with van der Waals surface area (Å²) in [7, 11) is 0. The maximum Gasteiger partial charge on any atom is 0.349 e. The molecule has 0 fully saturated rings. The van der Waals surface area contributed by atoms with Gasteiger partial charge in [-0.1, -0.05) is 54.6 Å². The highest BCUT2D eigenvalue weighted by Crippen LogP contribution is 2.26. The summed E-state index contributed by atoms with van der Waals surface area (Å²) < 4.78 is 5.48. The van der Waals surface area contributed by atoms with Gasteiger partial charge in [-0.05, 0) is 40.5 Å². The second-order valence-electron chi connectivity index (χ2n) is 6.89. The van der Waals surface area contributed by atoms with E-state index in [1.165, 1.54) is 5.56 Å². The highest BCUT2D eigenvalue weighted by Gasteiger charge is 2.24. The van der Waals surface area contributed by atoms with Gasteiger partial charge in [-0.15, -0.1) is 0 Å². The summed E-state index contributed by atoms with van der Waals surface area (Å²) in [5.41, 5.74) is 2.41. The fraction of sp³-hybridized carbons (Fsp3) is 0.130. The van der Waals surface area contributed by atoms with E-state index in [4.69, 9.17) is 4.42 Å². The predicted molar refractivity (Wildman–Crippen MR) is 105 cm³/mol. The lowest BCUT2D eigenvalue weighted by Gasteiger charge is -2.28. The van der Waals surface area contributed by atoms with Gasteiger partial charge in [0.25, 0.3) is 5.91 Å². The first-order valence-corrected chi connectivity index (χ1v) is 9.02. The number of carbonyl (C=O) groups is 1. The van der Waals surface area contributed by atoms with Crippen molar-refractivity contribution in [1.82, 2.24) is 4.90 Å². The maximum atomic E-state index is 13.1. The van der Waals surface area contributed by atoms with E-state index in [1.54, 1.807) is 17.0 Å². The molecule has 1 aromatic heterocycles. The van der Waals surface area contributed by atoms with Gasteiger partial charge in [0.2, 0.25) is 0 Å². The van der Waals surface area contributed by atoms with Crippen LogP contribution in [0.25, 0.3) is 21.7 Å². The molecule has 0 radical (unpaired) electrons. The van der Waals surface area contributed by atoms with E-state index in [0.29, 0.717) is 18.7 Å². The molecule has 0 unspecified atom stereocenters. The number of benzene rings is 3. The SMILES string of the molecule is O=C(c1cc2c(ccc3ccccc32)oc1=O)N1CCc2ccccc2C1. The van der Waals surface area contributed by atoms with Crippen LogP contribution in [-0.4, -0.2) is 17.4 Å². The molecule has 4 nitrogen and oxygen atoms in total. The average Bonchev–Trinajstić information content (AvgIpc) is 2.72. The van der Waals surface area contributed by atoms with Gasteiger partial charge in [-0.25, -0.2) is 4.79 Å². The molecular formula is C23H17NO3. The summed E-state index contributed by atoms with van der Waals surface area (Å²) in [4.78, 5) is 27.3. The molecule has 0 N–H and O–H groups in total. The first-order chi connectivity index (χ1) is 13.2. The van der Waals surface area contributed by atoms with Crippen LogP contribution in [0.5, 0.6) is 0 Å². The lowest BCUT2D eigenvalue weighted by molar-refractivity contribution is 0.0730. The summed E-state index contributed by atoms with van der Waals surface area (Å²) >= 11 is 0. The Morgan fingerprint density at radius 2 is 1.67 bits per heavy atom. The van der Waals surface area contributed by atoms with Crippen LogP contribution in [0.1, 0.15) is 21.5 Å². The topological polar surface area (TPSA) is 50.5 Å². The number of fused-ring (bicyclic) bond motifs is 4. The molecule has 0 aliphatic carbocycles. The van der Waals surface area contributed by atoms with Gasteiger partial charge in [-0.2, -0.15) is 0 Å². The van der Waals surface area contributed by atoms with Gasteiger partial charge in [0.05, 0.1) is 0 Å². The van der Waals surface area contributed by atoms with Crippen molar-refractivity contribution in [3.05, 3.63) is 93.8 Å². The standard InChI is InChI=1S/C23H17NO3/c25-22(24-12-11-15-5-1-2-7-17(15)14-24)20-13-19-18-8-4-3-6-16(18)9-10-21(19)27-23(20)26/h1-10,13H,11-12,14H2. The zero-order valence-electron chi connectivity index (χ0n) is 14.6. The second kappa shape index (κ2) is 6.09. The van der Waals surface area contributed by atoms with Crippen molar-refractivity contribution in [2.75, 3.05) is 6.54 Å². The zero-order chi connectivity index (χ0) is 18.4. The van der Waals surface area contributed by atoms with E-state index >= 15 is 0 Å². The molecule has 132 valence electrons. The summed E-state index contributed by atoms with van der Waals surface area (Å²) in [5.74, 6) is -0.270. The second-order valence-corrected chi connectivity index (χ2v) is 6.89. The Morgan fingerprint density at radius 3 is 2.56 bits per heavy atom. The van der Waals surface area contributed by atoms with E-state index in [-0.39, 0.29) is 11.5 Å². The Labute approximate surface area is 155 Å². The fourth-order valence-corrected chi connectivity index (χ4v) is 3.86. The number of carbonyl (C=O) groups excluding carboxylic acids is 1. The Morgan fingerprint density at radius 1 is 0.889 bits per heavy atom. The van der Waals surface area contributed by atoms with Crippen molar-refractivity contribution in [2.24, 2.45) is 0 Å². The van der Waals surface area contributed by atoms with Gasteiger partial charge >= 0.3 is 5.63 Å². The van der Waals surface area contributed by atoms with Crippen molar-refractivity contribution in [1.29, 1.82) is 0 Å². The maximum absolute atomic E-state index is 13.1. The summed E-state index contributed by atoms with van der Waals surface area (Å²) in [5, 5.41) is 2.80. The van der Waals surface area contributed by atoms with Crippen LogP contribution < -0.4 is 5.63 Å². The highest BCUT2D eigenvalue weighted by atomic mass is 16.4. The van der Waals surface area contributed by atoms with Crippen molar-refractivity contribution >= 4 is 27.6 Å². The molecule has 2 heterocycles. The Kier molecular flexibility index (Phi) is 3.57. The third-order valence-electron chi connectivity index (χ3n) is 5.29. The van der Waals surface area contributed by atoms with Crippen molar-refractivity contribution < 1.29 is 9.21 Å². The molecule has 4 heteroatoms. The van der Waals surface area contributed by atoms with Gasteiger partial charge in [-0.3, -0.25) is 4.79 Å². The van der Waals surface area contributed by atoms with E-state index < -0.39 is 5.63 Å². The van der Waals surface area contributed by atoms with Crippen LogP contribution in [0, 0.1) is 0 Å². The minimum absolute atomic E-state index is 0.0956. The van der Waals surface area contributed by atoms with Crippen LogP contribution in [0.15, 0.2) is 75.9 Å². The lowest BCUT2D eigenvalue weighted by Crippen LogP contribution is -2.38. The number of rotatable bonds is 1. The lowest BCUT2D eigenvalue weighted by atomic mass is 9.99.